The monoisotopic (exact) mass is 767 g/mol. The maximum atomic E-state index is 6.86. The molecule has 10 aromatic rings. The molecule has 60 heavy (non-hydrogen) atoms. The molecule has 1 heterocycles. The van der Waals surface area contributed by atoms with E-state index in [1.807, 2.05) is 0 Å². The molecule has 0 saturated heterocycles. The zero-order valence-electron chi connectivity index (χ0n) is 33.6. The number of hydrogen-bond acceptors (Lipinski definition) is 2. The molecule has 284 valence electrons. The van der Waals surface area contributed by atoms with Crippen molar-refractivity contribution in [1.82, 2.24) is 0 Å². The summed E-state index contributed by atoms with van der Waals surface area (Å²) in [6.07, 6.45) is 0. The fraction of sp³-hybridized carbons (Fsp3) is 0.0690. The Kier molecular flexibility index (Phi) is 7.52. The Hall–Kier alpha value is -7.42. The first-order valence-corrected chi connectivity index (χ1v) is 20.9. The van der Waals surface area contributed by atoms with E-state index in [1.54, 1.807) is 0 Å². The summed E-state index contributed by atoms with van der Waals surface area (Å²) in [7, 11) is 0. The molecule has 2 aliphatic carbocycles. The molecule has 0 unspecified atom stereocenters. The Bertz CT molecular complexity index is 3230. The number of fused-ring (bicyclic) bond motifs is 9. The molecule has 0 radical (unpaired) electrons. The zero-order chi connectivity index (χ0) is 40.0. The highest BCUT2D eigenvalue weighted by atomic mass is 16.3. The Morgan fingerprint density at radius 1 is 0.367 bits per heavy atom. The Balaban J connectivity index is 1.07. The number of furan rings is 1. The Morgan fingerprint density at radius 2 is 0.867 bits per heavy atom. The van der Waals surface area contributed by atoms with Crippen LogP contribution in [0.1, 0.15) is 47.2 Å². The van der Waals surface area contributed by atoms with Crippen molar-refractivity contribution >= 4 is 39.0 Å². The van der Waals surface area contributed by atoms with E-state index in [1.165, 1.54) is 61.2 Å². The number of rotatable bonds is 6. The minimum Gasteiger partial charge on any atom is -0.456 e. The summed E-state index contributed by atoms with van der Waals surface area (Å²) in [5.41, 5.74) is 19.6. The number of anilines is 3. The van der Waals surface area contributed by atoms with Gasteiger partial charge in [0.25, 0.3) is 0 Å². The fourth-order valence-corrected chi connectivity index (χ4v) is 10.6. The van der Waals surface area contributed by atoms with Crippen LogP contribution >= 0.6 is 0 Å². The molecule has 9 aromatic carbocycles. The summed E-state index contributed by atoms with van der Waals surface area (Å²) in [5.74, 6) is 0. The predicted molar refractivity (Wildman–Crippen MR) is 249 cm³/mol. The van der Waals surface area contributed by atoms with Crippen LogP contribution in [-0.4, -0.2) is 0 Å². The third-order valence-corrected chi connectivity index (χ3v) is 13.4. The molecule has 0 atom stereocenters. The van der Waals surface area contributed by atoms with Gasteiger partial charge in [0, 0.05) is 38.8 Å². The van der Waals surface area contributed by atoms with E-state index in [2.05, 4.69) is 231 Å². The average Bonchev–Trinajstić information content (AvgIpc) is 3.91. The van der Waals surface area contributed by atoms with Gasteiger partial charge in [-0.05, 0) is 104 Å². The fourth-order valence-electron chi connectivity index (χ4n) is 10.6. The Labute approximate surface area is 350 Å². The molecule has 1 aromatic heterocycles. The van der Waals surface area contributed by atoms with E-state index in [4.69, 9.17) is 4.42 Å². The molecular formula is C58H41NO. The van der Waals surface area contributed by atoms with Crippen LogP contribution in [-0.2, 0) is 10.8 Å². The lowest BCUT2D eigenvalue weighted by Gasteiger charge is -2.34. The molecule has 0 fully saturated rings. The van der Waals surface area contributed by atoms with Gasteiger partial charge in [0.15, 0.2) is 0 Å². The van der Waals surface area contributed by atoms with Crippen LogP contribution in [0.3, 0.4) is 0 Å². The largest absolute Gasteiger partial charge is 0.456 e. The van der Waals surface area contributed by atoms with Crippen LogP contribution in [0.4, 0.5) is 17.1 Å². The molecule has 0 N–H and O–H groups in total. The van der Waals surface area contributed by atoms with E-state index < -0.39 is 5.41 Å². The van der Waals surface area contributed by atoms with Crippen molar-refractivity contribution in [2.24, 2.45) is 0 Å². The predicted octanol–water partition coefficient (Wildman–Crippen LogP) is 15.4. The van der Waals surface area contributed by atoms with Crippen molar-refractivity contribution in [3.8, 4) is 33.4 Å². The van der Waals surface area contributed by atoms with Crippen LogP contribution in [0.5, 0.6) is 0 Å². The summed E-state index contributed by atoms with van der Waals surface area (Å²) < 4.78 is 6.86. The summed E-state index contributed by atoms with van der Waals surface area (Å²) in [6, 6.07) is 77.8. The van der Waals surface area contributed by atoms with Crippen molar-refractivity contribution in [2.45, 2.75) is 24.7 Å². The van der Waals surface area contributed by atoms with Crippen molar-refractivity contribution in [1.29, 1.82) is 0 Å². The van der Waals surface area contributed by atoms with E-state index >= 15 is 0 Å². The van der Waals surface area contributed by atoms with Gasteiger partial charge in [-0.25, -0.2) is 0 Å². The Morgan fingerprint density at radius 3 is 1.57 bits per heavy atom. The number of hydrogen-bond donors (Lipinski definition) is 0. The minimum atomic E-state index is -0.620. The van der Waals surface area contributed by atoms with Crippen molar-refractivity contribution in [2.75, 3.05) is 4.90 Å². The molecule has 0 saturated carbocycles. The van der Waals surface area contributed by atoms with Gasteiger partial charge in [-0.2, -0.15) is 0 Å². The SMILES string of the molecule is CC1(C)c2ccccc2-c2ccc(N(c3ccc(-c4ccccc4)cc3)c3ccc(C4(c5cccc6c5oc5ccccc56)c5ccccc5-c5ccccc54)cc3)cc21. The lowest BCUT2D eigenvalue weighted by molar-refractivity contribution is 0.648. The first-order valence-electron chi connectivity index (χ1n) is 20.9. The van der Waals surface area contributed by atoms with E-state index in [-0.39, 0.29) is 5.41 Å². The van der Waals surface area contributed by atoms with E-state index in [0.717, 1.165) is 44.6 Å². The molecule has 12 rings (SSSR count). The second-order valence-electron chi connectivity index (χ2n) is 16.8. The third-order valence-electron chi connectivity index (χ3n) is 13.4. The van der Waals surface area contributed by atoms with Gasteiger partial charge in [0.05, 0.1) is 5.41 Å². The zero-order valence-corrected chi connectivity index (χ0v) is 33.6. The molecule has 0 spiro atoms. The van der Waals surface area contributed by atoms with Gasteiger partial charge in [-0.1, -0.05) is 184 Å². The number of nitrogens with zero attached hydrogens (tertiary/aromatic N) is 1. The molecule has 0 amide bonds. The summed E-state index contributed by atoms with van der Waals surface area (Å²) in [6.45, 7) is 4.71. The minimum absolute atomic E-state index is 0.123. The van der Waals surface area contributed by atoms with Crippen molar-refractivity contribution in [3.05, 3.63) is 246 Å². The molecule has 0 bridgehead atoms. The average molecular weight is 768 g/mol. The quantitative estimate of drug-likeness (QED) is 0.168. The lowest BCUT2D eigenvalue weighted by Crippen LogP contribution is -2.29. The molecule has 2 heteroatoms. The van der Waals surface area contributed by atoms with Crippen LogP contribution in [0, 0.1) is 0 Å². The molecular weight excluding hydrogens is 727 g/mol. The van der Waals surface area contributed by atoms with E-state index in [0.29, 0.717) is 0 Å². The van der Waals surface area contributed by atoms with E-state index in [9.17, 15) is 0 Å². The van der Waals surface area contributed by atoms with Gasteiger partial charge in [-0.15, -0.1) is 0 Å². The van der Waals surface area contributed by atoms with Crippen molar-refractivity contribution < 1.29 is 4.42 Å². The standard InChI is InChI=1S/C58H41NO/c1-57(2)50-22-10-6-17-44(50)47-36-35-43(37-54(47)57)59(41-31-27-39(28-32-41)38-15-4-3-5-16-38)42-33-29-40(30-34-42)58(51-23-11-7-18-45(51)46-19-8-12-24-52(46)58)53-25-14-21-49-48-20-9-13-26-55(48)60-56(49)53/h3-37H,1-2H3. The van der Waals surface area contributed by atoms with Gasteiger partial charge >= 0.3 is 0 Å². The lowest BCUT2D eigenvalue weighted by atomic mass is 9.67. The third kappa shape index (κ3) is 4.88. The highest BCUT2D eigenvalue weighted by Crippen LogP contribution is 2.58. The summed E-state index contributed by atoms with van der Waals surface area (Å²) >= 11 is 0. The van der Waals surface area contributed by atoms with Gasteiger partial charge in [-0.3, -0.25) is 0 Å². The molecule has 2 aliphatic rings. The summed E-state index contributed by atoms with van der Waals surface area (Å²) in [5, 5.41) is 2.27. The van der Waals surface area contributed by atoms with Gasteiger partial charge < -0.3 is 9.32 Å². The molecule has 0 aliphatic heterocycles. The van der Waals surface area contributed by atoms with Crippen LogP contribution < -0.4 is 4.90 Å². The maximum Gasteiger partial charge on any atom is 0.140 e. The van der Waals surface area contributed by atoms with Crippen LogP contribution in [0.25, 0.3) is 55.3 Å². The number of benzene rings is 9. The topological polar surface area (TPSA) is 16.4 Å². The van der Waals surface area contributed by atoms with Gasteiger partial charge in [0.2, 0.25) is 0 Å². The van der Waals surface area contributed by atoms with Gasteiger partial charge in [0.1, 0.15) is 11.2 Å². The van der Waals surface area contributed by atoms with Crippen LogP contribution in [0.2, 0.25) is 0 Å². The second kappa shape index (κ2) is 13.0. The summed E-state index contributed by atoms with van der Waals surface area (Å²) in [4.78, 5) is 2.42. The maximum absolute atomic E-state index is 6.86. The van der Waals surface area contributed by atoms with Crippen molar-refractivity contribution in [3.63, 3.8) is 0 Å². The second-order valence-corrected chi connectivity index (χ2v) is 16.8. The first kappa shape index (κ1) is 34.6. The van der Waals surface area contributed by atoms with Crippen LogP contribution in [0.15, 0.2) is 217 Å². The first-order chi connectivity index (χ1) is 29.5. The molecule has 2 nitrogen and oxygen atoms in total. The smallest absolute Gasteiger partial charge is 0.140 e. The highest BCUT2D eigenvalue weighted by Gasteiger charge is 2.47. The number of para-hydroxylation sites is 2. The normalized spacial score (nSPS) is 14.1. The highest BCUT2D eigenvalue weighted by molar-refractivity contribution is 6.07.